The first-order chi connectivity index (χ1) is 13.9. The lowest BCUT2D eigenvalue weighted by atomic mass is 10.2. The molecule has 148 valence electrons. The van der Waals surface area contributed by atoms with Gasteiger partial charge in [-0.15, -0.1) is 17.8 Å². The van der Waals surface area contributed by atoms with Gasteiger partial charge in [-0.2, -0.15) is 4.72 Å². The van der Waals surface area contributed by atoms with Gasteiger partial charge in [-0.3, -0.25) is 0 Å². The number of terminal acetylenes is 1. The van der Waals surface area contributed by atoms with Gasteiger partial charge < -0.3 is 4.74 Å². The second kappa shape index (κ2) is 8.96. The van der Waals surface area contributed by atoms with Crippen LogP contribution in [0.25, 0.3) is 10.6 Å². The molecular weight excluding hydrogens is 415 g/mol. The first kappa shape index (κ1) is 20.7. The zero-order chi connectivity index (χ0) is 20.9. The van der Waals surface area contributed by atoms with E-state index in [1.54, 1.807) is 17.5 Å². The molecule has 0 saturated carbocycles. The molecule has 0 aliphatic rings. The summed E-state index contributed by atoms with van der Waals surface area (Å²) in [5.74, 6) is 1.16. The smallest absolute Gasteiger partial charge is 0.338 e. The molecule has 0 fully saturated rings. The third-order valence-electron chi connectivity index (χ3n) is 3.74. The Morgan fingerprint density at radius 1 is 1.24 bits per heavy atom. The molecule has 9 heteroatoms. The zero-order valence-corrected chi connectivity index (χ0v) is 16.6. The number of ether oxygens (including phenoxy) is 1. The van der Waals surface area contributed by atoms with E-state index < -0.39 is 16.0 Å². The Balaban J connectivity index is 1.66. The van der Waals surface area contributed by atoms with E-state index in [1.807, 2.05) is 0 Å². The molecule has 0 aliphatic carbocycles. The highest BCUT2D eigenvalue weighted by molar-refractivity contribution is 7.89. The van der Waals surface area contributed by atoms with E-state index in [0.717, 1.165) is 5.56 Å². The van der Waals surface area contributed by atoms with Crippen LogP contribution in [0.5, 0.6) is 0 Å². The molecule has 1 aromatic heterocycles. The molecular formula is C20H15FN2O4S2. The number of hydrogen-bond donors (Lipinski definition) is 1. The number of carbonyl (C=O) groups excluding carboxylic acids is 1. The van der Waals surface area contributed by atoms with Crippen molar-refractivity contribution in [1.82, 2.24) is 9.71 Å². The average molecular weight is 430 g/mol. The lowest BCUT2D eigenvalue weighted by Gasteiger charge is -2.07. The van der Waals surface area contributed by atoms with Gasteiger partial charge in [-0.25, -0.2) is 22.6 Å². The van der Waals surface area contributed by atoms with Crippen LogP contribution in [-0.2, 0) is 21.4 Å². The van der Waals surface area contributed by atoms with Gasteiger partial charge in [-0.05, 0) is 42.5 Å². The lowest BCUT2D eigenvalue weighted by Crippen LogP contribution is -2.24. The molecule has 0 bridgehead atoms. The monoisotopic (exact) mass is 430 g/mol. The second-order valence-corrected chi connectivity index (χ2v) is 8.41. The minimum absolute atomic E-state index is 0.0805. The summed E-state index contributed by atoms with van der Waals surface area (Å²) in [5.41, 5.74) is 1.37. The van der Waals surface area contributed by atoms with Crippen molar-refractivity contribution in [3.8, 4) is 22.9 Å². The maximum Gasteiger partial charge on any atom is 0.338 e. The summed E-state index contributed by atoms with van der Waals surface area (Å²) in [7, 11) is -3.81. The van der Waals surface area contributed by atoms with Gasteiger partial charge in [0.25, 0.3) is 0 Å². The van der Waals surface area contributed by atoms with E-state index in [1.165, 1.54) is 47.7 Å². The van der Waals surface area contributed by atoms with Crippen LogP contribution in [0.15, 0.2) is 58.8 Å². The second-order valence-electron chi connectivity index (χ2n) is 5.78. The van der Waals surface area contributed by atoms with Crippen molar-refractivity contribution in [3.63, 3.8) is 0 Å². The number of aromatic nitrogens is 1. The number of nitrogens with one attached hydrogen (secondary N) is 1. The molecule has 3 aromatic rings. The number of thiazole rings is 1. The average Bonchev–Trinajstić information content (AvgIpc) is 3.20. The molecule has 0 aliphatic heterocycles. The SMILES string of the molecule is C#CCNS(=O)(=O)c1cccc(C(=O)OCc2csc(-c3ccc(F)cc3)n2)c1. The molecule has 2 aromatic carbocycles. The number of benzene rings is 2. The highest BCUT2D eigenvalue weighted by Gasteiger charge is 2.16. The van der Waals surface area contributed by atoms with Crippen LogP contribution in [0, 0.1) is 18.2 Å². The number of nitrogens with zero attached hydrogens (tertiary/aromatic N) is 1. The Kier molecular flexibility index (Phi) is 6.39. The van der Waals surface area contributed by atoms with E-state index in [0.29, 0.717) is 10.7 Å². The zero-order valence-electron chi connectivity index (χ0n) is 15.0. The van der Waals surface area contributed by atoms with Gasteiger partial charge in [0.05, 0.1) is 22.7 Å². The Bertz CT molecular complexity index is 1170. The molecule has 3 rings (SSSR count). The summed E-state index contributed by atoms with van der Waals surface area (Å²) in [6.07, 6.45) is 5.06. The number of sulfonamides is 1. The molecule has 1 heterocycles. The van der Waals surface area contributed by atoms with Gasteiger partial charge >= 0.3 is 5.97 Å². The fourth-order valence-electron chi connectivity index (χ4n) is 2.33. The number of hydrogen-bond acceptors (Lipinski definition) is 6. The predicted octanol–water partition coefficient (Wildman–Crippen LogP) is 3.22. The van der Waals surface area contributed by atoms with Gasteiger partial charge in [0.1, 0.15) is 17.4 Å². The van der Waals surface area contributed by atoms with Crippen molar-refractivity contribution in [1.29, 1.82) is 0 Å². The number of rotatable bonds is 7. The summed E-state index contributed by atoms with van der Waals surface area (Å²) < 4.78 is 44.7. The van der Waals surface area contributed by atoms with Crippen molar-refractivity contribution in [2.75, 3.05) is 6.54 Å². The fourth-order valence-corrected chi connectivity index (χ4v) is 4.12. The topological polar surface area (TPSA) is 85.4 Å². The van der Waals surface area contributed by atoms with Crippen LogP contribution >= 0.6 is 11.3 Å². The standard InChI is InChI=1S/C20H15FN2O4S2/c1-2-10-22-29(25,26)18-5-3-4-15(11-18)20(24)27-12-17-13-28-19(23-17)14-6-8-16(21)9-7-14/h1,3-9,11,13,22H,10,12H2. The van der Waals surface area contributed by atoms with Crippen molar-refractivity contribution < 1.29 is 22.3 Å². The van der Waals surface area contributed by atoms with Crippen molar-refractivity contribution in [2.24, 2.45) is 0 Å². The Morgan fingerprint density at radius 3 is 2.72 bits per heavy atom. The summed E-state index contributed by atoms with van der Waals surface area (Å²) in [6, 6.07) is 11.4. The van der Waals surface area contributed by atoms with E-state index in [9.17, 15) is 17.6 Å². The third kappa shape index (κ3) is 5.26. The molecule has 29 heavy (non-hydrogen) atoms. The summed E-state index contributed by atoms with van der Waals surface area (Å²) in [5, 5.41) is 2.40. The van der Waals surface area contributed by atoms with Gasteiger partial charge in [0, 0.05) is 10.9 Å². The first-order valence-corrected chi connectivity index (χ1v) is 10.7. The van der Waals surface area contributed by atoms with Crippen molar-refractivity contribution in [3.05, 3.63) is 71.0 Å². The molecule has 0 spiro atoms. The number of esters is 1. The lowest BCUT2D eigenvalue weighted by molar-refractivity contribution is 0.0468. The van der Waals surface area contributed by atoms with Crippen LogP contribution in [0.2, 0.25) is 0 Å². The van der Waals surface area contributed by atoms with Gasteiger partial charge in [-0.1, -0.05) is 12.0 Å². The van der Waals surface area contributed by atoms with Crippen molar-refractivity contribution >= 4 is 27.3 Å². The van der Waals surface area contributed by atoms with Gasteiger partial charge in [0.15, 0.2) is 0 Å². The highest BCUT2D eigenvalue weighted by atomic mass is 32.2. The number of halogens is 1. The summed E-state index contributed by atoms with van der Waals surface area (Å²) in [6.45, 7) is -0.236. The Hall–Kier alpha value is -3.06. The van der Waals surface area contributed by atoms with Crippen LogP contribution in [-0.4, -0.2) is 25.9 Å². The normalized spacial score (nSPS) is 11.0. The van der Waals surface area contributed by atoms with Crippen LogP contribution < -0.4 is 4.72 Å². The number of carbonyl (C=O) groups is 1. The third-order valence-corrected chi connectivity index (χ3v) is 6.08. The molecule has 0 atom stereocenters. The highest BCUT2D eigenvalue weighted by Crippen LogP contribution is 2.24. The molecule has 0 radical (unpaired) electrons. The van der Waals surface area contributed by atoms with Crippen LogP contribution in [0.4, 0.5) is 4.39 Å². The Morgan fingerprint density at radius 2 is 2.00 bits per heavy atom. The summed E-state index contributed by atoms with van der Waals surface area (Å²) >= 11 is 1.34. The fraction of sp³-hybridized carbons (Fsp3) is 0.100. The summed E-state index contributed by atoms with van der Waals surface area (Å²) in [4.78, 5) is 16.6. The molecule has 1 N–H and O–H groups in total. The van der Waals surface area contributed by atoms with E-state index >= 15 is 0 Å². The van der Waals surface area contributed by atoms with E-state index in [4.69, 9.17) is 11.2 Å². The predicted molar refractivity (Wildman–Crippen MR) is 107 cm³/mol. The maximum atomic E-state index is 13.0. The quantitative estimate of drug-likeness (QED) is 0.460. The largest absolute Gasteiger partial charge is 0.456 e. The molecule has 6 nitrogen and oxygen atoms in total. The first-order valence-electron chi connectivity index (χ1n) is 8.30. The maximum absolute atomic E-state index is 13.0. The minimum atomic E-state index is -3.81. The molecule has 0 amide bonds. The minimum Gasteiger partial charge on any atom is -0.456 e. The van der Waals surface area contributed by atoms with E-state index in [2.05, 4.69) is 15.6 Å². The van der Waals surface area contributed by atoms with Crippen LogP contribution in [0.3, 0.4) is 0 Å². The van der Waals surface area contributed by atoms with Crippen LogP contribution in [0.1, 0.15) is 16.1 Å². The molecule has 0 unspecified atom stereocenters. The van der Waals surface area contributed by atoms with Crippen molar-refractivity contribution in [2.45, 2.75) is 11.5 Å². The van der Waals surface area contributed by atoms with Gasteiger partial charge in [0.2, 0.25) is 10.0 Å². The molecule has 0 saturated heterocycles. The van der Waals surface area contributed by atoms with E-state index in [-0.39, 0.29) is 29.4 Å². The Labute approximate surface area is 171 Å².